The molecule has 1 heterocycles. The monoisotopic (exact) mass is 176 g/mol. The SMILES string of the molecule is C=CCC1CCC(=O)c2cn[nH]c21. The number of ketones is 1. The predicted octanol–water partition coefficient (Wildman–Crippen LogP) is 2.05. The molecule has 1 atom stereocenters. The molecule has 0 saturated heterocycles. The molecule has 0 amide bonds. The number of Topliss-reactive ketones (excluding diaryl/α,β-unsaturated/α-hetero) is 1. The van der Waals surface area contributed by atoms with E-state index in [1.54, 1.807) is 6.20 Å². The van der Waals surface area contributed by atoms with E-state index in [4.69, 9.17) is 0 Å². The van der Waals surface area contributed by atoms with Crippen LogP contribution < -0.4 is 0 Å². The molecule has 13 heavy (non-hydrogen) atoms. The van der Waals surface area contributed by atoms with Crippen LogP contribution in [0.3, 0.4) is 0 Å². The summed E-state index contributed by atoms with van der Waals surface area (Å²) >= 11 is 0. The number of rotatable bonds is 2. The van der Waals surface area contributed by atoms with Crippen molar-refractivity contribution >= 4 is 5.78 Å². The van der Waals surface area contributed by atoms with Crippen LogP contribution in [0, 0.1) is 0 Å². The molecule has 0 radical (unpaired) electrons. The molecular weight excluding hydrogens is 164 g/mol. The van der Waals surface area contributed by atoms with E-state index < -0.39 is 0 Å². The second-order valence-corrected chi connectivity index (χ2v) is 3.38. The van der Waals surface area contributed by atoms with E-state index in [9.17, 15) is 4.79 Å². The predicted molar refractivity (Wildman–Crippen MR) is 49.7 cm³/mol. The average Bonchev–Trinajstić information content (AvgIpc) is 2.59. The minimum Gasteiger partial charge on any atom is -0.294 e. The van der Waals surface area contributed by atoms with Gasteiger partial charge in [-0.25, -0.2) is 0 Å². The summed E-state index contributed by atoms with van der Waals surface area (Å²) in [5.74, 6) is 0.622. The Labute approximate surface area is 76.8 Å². The van der Waals surface area contributed by atoms with Crippen molar-refractivity contribution in [3.05, 3.63) is 30.1 Å². The van der Waals surface area contributed by atoms with Gasteiger partial charge < -0.3 is 0 Å². The molecule has 2 rings (SSSR count). The summed E-state index contributed by atoms with van der Waals surface area (Å²) in [6.07, 6.45) is 6.01. The molecular formula is C10H12N2O. The van der Waals surface area contributed by atoms with Crippen molar-refractivity contribution in [2.24, 2.45) is 0 Å². The lowest BCUT2D eigenvalue weighted by Gasteiger charge is -2.19. The lowest BCUT2D eigenvalue weighted by Crippen LogP contribution is -2.14. The van der Waals surface area contributed by atoms with E-state index in [1.807, 2.05) is 6.08 Å². The van der Waals surface area contributed by atoms with E-state index in [-0.39, 0.29) is 5.78 Å². The van der Waals surface area contributed by atoms with E-state index in [2.05, 4.69) is 16.8 Å². The third kappa shape index (κ3) is 1.30. The first-order valence-corrected chi connectivity index (χ1v) is 4.50. The van der Waals surface area contributed by atoms with Gasteiger partial charge in [-0.15, -0.1) is 6.58 Å². The summed E-state index contributed by atoms with van der Waals surface area (Å²) in [7, 11) is 0. The third-order valence-electron chi connectivity index (χ3n) is 2.55. The van der Waals surface area contributed by atoms with Crippen molar-refractivity contribution in [2.75, 3.05) is 0 Å². The van der Waals surface area contributed by atoms with Crippen molar-refractivity contribution in [1.82, 2.24) is 10.2 Å². The first-order valence-electron chi connectivity index (χ1n) is 4.50. The summed E-state index contributed by atoms with van der Waals surface area (Å²) < 4.78 is 0. The topological polar surface area (TPSA) is 45.8 Å². The number of carbonyl (C=O) groups excluding carboxylic acids is 1. The van der Waals surface area contributed by atoms with Crippen molar-refractivity contribution in [3.63, 3.8) is 0 Å². The molecule has 0 aliphatic heterocycles. The van der Waals surface area contributed by atoms with Gasteiger partial charge >= 0.3 is 0 Å². The number of aromatic nitrogens is 2. The quantitative estimate of drug-likeness (QED) is 0.701. The minimum atomic E-state index is 0.212. The lowest BCUT2D eigenvalue weighted by molar-refractivity contribution is 0.0967. The fourth-order valence-corrected chi connectivity index (χ4v) is 1.85. The van der Waals surface area contributed by atoms with Crippen molar-refractivity contribution in [3.8, 4) is 0 Å². The highest BCUT2D eigenvalue weighted by Crippen LogP contribution is 2.32. The van der Waals surface area contributed by atoms with Gasteiger partial charge in [0, 0.05) is 18.0 Å². The van der Waals surface area contributed by atoms with Crippen LogP contribution >= 0.6 is 0 Å². The van der Waals surface area contributed by atoms with Crippen LogP contribution in [0.4, 0.5) is 0 Å². The van der Waals surface area contributed by atoms with Crippen LogP contribution in [0.15, 0.2) is 18.9 Å². The van der Waals surface area contributed by atoms with Gasteiger partial charge in [0.05, 0.1) is 11.8 Å². The zero-order valence-electron chi connectivity index (χ0n) is 7.42. The number of H-pyrrole nitrogens is 1. The molecule has 0 spiro atoms. The lowest BCUT2D eigenvalue weighted by atomic mass is 9.85. The fourth-order valence-electron chi connectivity index (χ4n) is 1.85. The van der Waals surface area contributed by atoms with E-state index >= 15 is 0 Å². The maximum atomic E-state index is 11.4. The van der Waals surface area contributed by atoms with Gasteiger partial charge in [0.2, 0.25) is 0 Å². The number of hydrogen-bond acceptors (Lipinski definition) is 2. The summed E-state index contributed by atoms with van der Waals surface area (Å²) in [6.45, 7) is 3.71. The number of fused-ring (bicyclic) bond motifs is 1. The molecule has 0 fully saturated rings. The van der Waals surface area contributed by atoms with Crippen LogP contribution in [0.1, 0.15) is 41.2 Å². The fraction of sp³-hybridized carbons (Fsp3) is 0.400. The summed E-state index contributed by atoms with van der Waals surface area (Å²) in [5, 5.41) is 6.81. The highest BCUT2D eigenvalue weighted by Gasteiger charge is 2.26. The minimum absolute atomic E-state index is 0.212. The Balaban J connectivity index is 2.34. The first-order chi connectivity index (χ1) is 6.33. The Morgan fingerprint density at radius 3 is 3.38 bits per heavy atom. The second kappa shape index (κ2) is 3.17. The number of carbonyl (C=O) groups is 1. The summed E-state index contributed by atoms with van der Waals surface area (Å²) in [4.78, 5) is 11.4. The third-order valence-corrected chi connectivity index (χ3v) is 2.55. The normalized spacial score (nSPS) is 21.2. The van der Waals surface area contributed by atoms with Gasteiger partial charge in [0.25, 0.3) is 0 Å². The Morgan fingerprint density at radius 2 is 2.62 bits per heavy atom. The van der Waals surface area contributed by atoms with E-state index in [1.165, 1.54) is 0 Å². The van der Waals surface area contributed by atoms with E-state index in [0.29, 0.717) is 12.3 Å². The van der Waals surface area contributed by atoms with Crippen molar-refractivity contribution in [2.45, 2.75) is 25.2 Å². The van der Waals surface area contributed by atoms with Gasteiger partial charge in [-0.05, 0) is 12.8 Å². The number of nitrogens with zero attached hydrogens (tertiary/aromatic N) is 1. The van der Waals surface area contributed by atoms with Crippen LogP contribution in [0.2, 0.25) is 0 Å². The van der Waals surface area contributed by atoms with Crippen molar-refractivity contribution in [1.29, 1.82) is 0 Å². The van der Waals surface area contributed by atoms with Crippen LogP contribution in [0.25, 0.3) is 0 Å². The van der Waals surface area contributed by atoms with Crippen molar-refractivity contribution < 1.29 is 4.79 Å². The number of hydrogen-bond donors (Lipinski definition) is 1. The van der Waals surface area contributed by atoms with Crippen LogP contribution in [0.5, 0.6) is 0 Å². The Bertz CT molecular complexity index is 340. The second-order valence-electron chi connectivity index (χ2n) is 3.38. The Morgan fingerprint density at radius 1 is 1.77 bits per heavy atom. The Kier molecular flexibility index (Phi) is 2.00. The van der Waals surface area contributed by atoms with Gasteiger partial charge in [-0.1, -0.05) is 6.08 Å². The van der Waals surface area contributed by atoms with Gasteiger partial charge in [-0.2, -0.15) is 5.10 Å². The average molecular weight is 176 g/mol. The number of allylic oxidation sites excluding steroid dienone is 1. The summed E-state index contributed by atoms with van der Waals surface area (Å²) in [6, 6.07) is 0. The molecule has 1 N–H and O–H groups in total. The maximum Gasteiger partial charge on any atom is 0.166 e. The molecule has 1 unspecified atom stereocenters. The zero-order valence-corrected chi connectivity index (χ0v) is 7.42. The summed E-state index contributed by atoms with van der Waals surface area (Å²) in [5.41, 5.74) is 1.77. The standard InChI is InChI=1S/C10H12N2O/c1-2-3-7-4-5-9(13)8-6-11-12-10(7)8/h2,6-7H,1,3-5H2,(H,11,12). The van der Waals surface area contributed by atoms with Crippen LogP contribution in [-0.4, -0.2) is 16.0 Å². The van der Waals surface area contributed by atoms with E-state index in [0.717, 1.165) is 24.1 Å². The number of nitrogens with one attached hydrogen (secondary N) is 1. The maximum absolute atomic E-state index is 11.4. The molecule has 3 heteroatoms. The molecule has 3 nitrogen and oxygen atoms in total. The molecule has 0 bridgehead atoms. The zero-order chi connectivity index (χ0) is 9.26. The molecule has 1 aromatic heterocycles. The van der Waals surface area contributed by atoms with Gasteiger partial charge in [0.1, 0.15) is 0 Å². The molecule has 0 aromatic carbocycles. The smallest absolute Gasteiger partial charge is 0.166 e. The first kappa shape index (κ1) is 8.23. The molecule has 1 aromatic rings. The molecule has 68 valence electrons. The highest BCUT2D eigenvalue weighted by molar-refractivity contribution is 5.98. The number of aromatic amines is 1. The molecule has 1 aliphatic rings. The molecule has 1 aliphatic carbocycles. The van der Waals surface area contributed by atoms with Crippen LogP contribution in [-0.2, 0) is 0 Å². The Hall–Kier alpha value is -1.38. The largest absolute Gasteiger partial charge is 0.294 e. The molecule has 0 saturated carbocycles. The van der Waals surface area contributed by atoms with Gasteiger partial charge in [-0.3, -0.25) is 9.89 Å². The highest BCUT2D eigenvalue weighted by atomic mass is 16.1. The van der Waals surface area contributed by atoms with Gasteiger partial charge in [0.15, 0.2) is 5.78 Å².